The molecule has 0 saturated heterocycles. The maximum Gasteiger partial charge on any atom is 0.123 e. The highest BCUT2D eigenvalue weighted by molar-refractivity contribution is 5.80. The Balaban J connectivity index is 2.29. The number of benzene rings is 1. The van der Waals surface area contributed by atoms with E-state index in [2.05, 4.69) is 10.2 Å². The van der Waals surface area contributed by atoms with Crippen molar-refractivity contribution in [2.24, 2.45) is 0 Å². The summed E-state index contributed by atoms with van der Waals surface area (Å²) >= 11 is 0. The minimum Gasteiger partial charge on any atom is -0.303 e. The van der Waals surface area contributed by atoms with Crippen LogP contribution in [0.1, 0.15) is 12.0 Å². The molecule has 0 unspecified atom stereocenters. The van der Waals surface area contributed by atoms with Gasteiger partial charge < -0.3 is 4.79 Å². The van der Waals surface area contributed by atoms with Crippen LogP contribution in [0, 0.1) is 0 Å². The average molecular weight is 186 g/mol. The minimum atomic E-state index is 0.459. The third-order valence-electron chi connectivity index (χ3n) is 2.01. The number of hydrogen-bond donors (Lipinski definition) is 1. The molecule has 0 spiro atoms. The summed E-state index contributed by atoms with van der Waals surface area (Å²) in [5.41, 5.74) is 2.09. The van der Waals surface area contributed by atoms with Gasteiger partial charge in [-0.3, -0.25) is 5.10 Å². The predicted octanol–water partition coefficient (Wildman–Crippen LogP) is 2.17. The molecule has 3 nitrogen and oxygen atoms in total. The predicted molar refractivity (Wildman–Crippen MR) is 55.8 cm³/mol. The first-order valence-electron chi connectivity index (χ1n) is 4.43. The summed E-state index contributed by atoms with van der Waals surface area (Å²) in [4.78, 5) is 10.1. The van der Waals surface area contributed by atoms with E-state index in [1.807, 2.05) is 30.4 Å². The molecule has 0 aliphatic heterocycles. The summed E-state index contributed by atoms with van der Waals surface area (Å²) in [7, 11) is 0. The molecular formula is C11H10N2O. The van der Waals surface area contributed by atoms with Gasteiger partial charge in [0.1, 0.15) is 6.29 Å². The lowest BCUT2D eigenvalue weighted by atomic mass is 10.1. The van der Waals surface area contributed by atoms with Gasteiger partial charge in [-0.1, -0.05) is 24.3 Å². The number of allylic oxidation sites excluding steroid dienone is 1. The van der Waals surface area contributed by atoms with Crippen LogP contribution in [0.2, 0.25) is 0 Å². The summed E-state index contributed by atoms with van der Waals surface area (Å²) in [6.07, 6.45) is 6.89. The fraction of sp³-hybridized carbons (Fsp3) is 0.0909. The maximum atomic E-state index is 10.1. The Morgan fingerprint density at radius 1 is 1.43 bits per heavy atom. The van der Waals surface area contributed by atoms with Gasteiger partial charge in [0.15, 0.2) is 0 Å². The second-order valence-electron chi connectivity index (χ2n) is 3.02. The summed E-state index contributed by atoms with van der Waals surface area (Å²) in [5, 5.41) is 7.93. The van der Waals surface area contributed by atoms with Crippen LogP contribution in [0.15, 0.2) is 30.5 Å². The molecule has 0 aliphatic carbocycles. The highest BCUT2D eigenvalue weighted by Gasteiger charge is 1.94. The Hall–Kier alpha value is -1.90. The molecule has 0 bridgehead atoms. The van der Waals surface area contributed by atoms with Gasteiger partial charge in [-0.25, -0.2) is 0 Å². The lowest BCUT2D eigenvalue weighted by Crippen LogP contribution is -1.74. The molecule has 3 heteroatoms. The van der Waals surface area contributed by atoms with Crippen LogP contribution in [0.5, 0.6) is 0 Å². The lowest BCUT2D eigenvalue weighted by Gasteiger charge is -1.92. The molecular weight excluding hydrogens is 176 g/mol. The SMILES string of the molecule is O=CCC=Cc1ccc2cn[nH]c2c1. The van der Waals surface area contributed by atoms with Crippen molar-refractivity contribution in [2.45, 2.75) is 6.42 Å². The Labute approximate surface area is 81.4 Å². The molecule has 0 amide bonds. The Morgan fingerprint density at radius 3 is 3.21 bits per heavy atom. The van der Waals surface area contributed by atoms with Crippen molar-refractivity contribution in [2.75, 3.05) is 0 Å². The van der Waals surface area contributed by atoms with E-state index in [0.717, 1.165) is 22.8 Å². The standard InChI is InChI=1S/C11H10N2O/c14-6-2-1-3-9-4-5-10-8-12-13-11(10)7-9/h1,3-8H,2H2,(H,12,13). The minimum absolute atomic E-state index is 0.459. The third-order valence-corrected chi connectivity index (χ3v) is 2.01. The zero-order valence-corrected chi connectivity index (χ0v) is 7.60. The van der Waals surface area contributed by atoms with E-state index < -0.39 is 0 Å². The first-order chi connectivity index (χ1) is 6.90. The van der Waals surface area contributed by atoms with Crippen LogP contribution >= 0.6 is 0 Å². The molecule has 0 radical (unpaired) electrons. The van der Waals surface area contributed by atoms with E-state index in [1.165, 1.54) is 0 Å². The van der Waals surface area contributed by atoms with Crippen LogP contribution in [-0.2, 0) is 4.79 Å². The van der Waals surface area contributed by atoms with Crippen molar-refractivity contribution in [3.63, 3.8) is 0 Å². The van der Waals surface area contributed by atoms with E-state index >= 15 is 0 Å². The topological polar surface area (TPSA) is 45.8 Å². The molecule has 0 saturated carbocycles. The van der Waals surface area contributed by atoms with Crippen LogP contribution in [0.4, 0.5) is 0 Å². The number of aromatic nitrogens is 2. The van der Waals surface area contributed by atoms with Crippen LogP contribution in [0.3, 0.4) is 0 Å². The first-order valence-corrected chi connectivity index (χ1v) is 4.43. The van der Waals surface area contributed by atoms with Crippen LogP contribution in [0.25, 0.3) is 17.0 Å². The maximum absolute atomic E-state index is 10.1. The number of aldehydes is 1. The van der Waals surface area contributed by atoms with Gasteiger partial charge in [0.2, 0.25) is 0 Å². The molecule has 70 valence electrons. The number of carbonyl (C=O) groups excluding carboxylic acids is 1. The Bertz CT molecular complexity index is 471. The van der Waals surface area contributed by atoms with Crippen molar-refractivity contribution >= 4 is 23.3 Å². The van der Waals surface area contributed by atoms with E-state index in [4.69, 9.17) is 0 Å². The third kappa shape index (κ3) is 1.71. The number of nitrogens with zero attached hydrogens (tertiary/aromatic N) is 1. The lowest BCUT2D eigenvalue weighted by molar-refractivity contribution is -0.107. The molecule has 1 aromatic heterocycles. The Kier molecular flexibility index (Phi) is 2.40. The molecule has 1 aromatic carbocycles. The molecule has 0 aliphatic rings. The number of rotatable bonds is 3. The molecule has 1 heterocycles. The summed E-state index contributed by atoms with van der Waals surface area (Å²) in [6, 6.07) is 6.00. The zero-order valence-electron chi connectivity index (χ0n) is 7.60. The largest absolute Gasteiger partial charge is 0.303 e. The van der Waals surface area contributed by atoms with Gasteiger partial charge in [0.05, 0.1) is 11.7 Å². The number of hydrogen-bond acceptors (Lipinski definition) is 2. The number of aromatic amines is 1. The smallest absolute Gasteiger partial charge is 0.123 e. The average Bonchev–Trinajstić information content (AvgIpc) is 2.65. The fourth-order valence-electron chi connectivity index (χ4n) is 1.32. The van der Waals surface area contributed by atoms with E-state index in [9.17, 15) is 4.79 Å². The van der Waals surface area contributed by atoms with Crippen molar-refractivity contribution in [1.29, 1.82) is 0 Å². The fourth-order valence-corrected chi connectivity index (χ4v) is 1.32. The summed E-state index contributed by atoms with van der Waals surface area (Å²) < 4.78 is 0. The second kappa shape index (κ2) is 3.87. The van der Waals surface area contributed by atoms with Crippen molar-refractivity contribution in [3.8, 4) is 0 Å². The molecule has 2 aromatic rings. The van der Waals surface area contributed by atoms with Gasteiger partial charge in [-0.05, 0) is 11.6 Å². The van der Waals surface area contributed by atoms with Gasteiger partial charge in [0, 0.05) is 11.8 Å². The molecule has 1 N–H and O–H groups in total. The van der Waals surface area contributed by atoms with E-state index in [1.54, 1.807) is 6.20 Å². The molecule has 2 rings (SSSR count). The molecule has 0 fully saturated rings. The Morgan fingerprint density at radius 2 is 2.36 bits per heavy atom. The normalized spacial score (nSPS) is 11.1. The first kappa shape index (κ1) is 8.69. The monoisotopic (exact) mass is 186 g/mol. The molecule has 0 atom stereocenters. The van der Waals surface area contributed by atoms with Gasteiger partial charge >= 0.3 is 0 Å². The van der Waals surface area contributed by atoms with Crippen LogP contribution < -0.4 is 0 Å². The second-order valence-corrected chi connectivity index (χ2v) is 3.02. The highest BCUT2D eigenvalue weighted by atomic mass is 16.1. The van der Waals surface area contributed by atoms with Gasteiger partial charge in [-0.15, -0.1) is 0 Å². The number of nitrogens with one attached hydrogen (secondary N) is 1. The van der Waals surface area contributed by atoms with Crippen molar-refractivity contribution < 1.29 is 4.79 Å². The van der Waals surface area contributed by atoms with E-state index in [0.29, 0.717) is 6.42 Å². The van der Waals surface area contributed by atoms with Gasteiger partial charge in [0.25, 0.3) is 0 Å². The molecule has 14 heavy (non-hydrogen) atoms. The number of H-pyrrole nitrogens is 1. The van der Waals surface area contributed by atoms with Crippen molar-refractivity contribution in [3.05, 3.63) is 36.0 Å². The quantitative estimate of drug-likeness (QED) is 0.746. The van der Waals surface area contributed by atoms with Crippen molar-refractivity contribution in [1.82, 2.24) is 10.2 Å². The number of carbonyl (C=O) groups is 1. The summed E-state index contributed by atoms with van der Waals surface area (Å²) in [6.45, 7) is 0. The van der Waals surface area contributed by atoms with Crippen LogP contribution in [-0.4, -0.2) is 16.5 Å². The van der Waals surface area contributed by atoms with E-state index in [-0.39, 0.29) is 0 Å². The highest BCUT2D eigenvalue weighted by Crippen LogP contribution is 2.13. The summed E-state index contributed by atoms with van der Waals surface area (Å²) in [5.74, 6) is 0. The van der Waals surface area contributed by atoms with Gasteiger partial charge in [-0.2, -0.15) is 5.10 Å². The zero-order chi connectivity index (χ0) is 9.80. The number of fused-ring (bicyclic) bond motifs is 1.